The fourth-order valence-electron chi connectivity index (χ4n) is 5.85. The third kappa shape index (κ3) is 5.09. The highest BCUT2D eigenvalue weighted by molar-refractivity contribution is 6.39. The summed E-state index contributed by atoms with van der Waals surface area (Å²) < 4.78 is 0. The average Bonchev–Trinajstić information content (AvgIpc) is 2.87. The maximum absolute atomic E-state index is 12.5. The molecule has 31 heavy (non-hydrogen) atoms. The van der Waals surface area contributed by atoms with Gasteiger partial charge in [0.2, 0.25) is 0 Å². The summed E-state index contributed by atoms with van der Waals surface area (Å²) >= 11 is 12.0. The van der Waals surface area contributed by atoms with Gasteiger partial charge < -0.3 is 21.1 Å². The molecule has 4 fully saturated rings. The first-order chi connectivity index (χ1) is 14.8. The molecule has 0 radical (unpaired) electrons. The van der Waals surface area contributed by atoms with Crippen LogP contribution in [0.5, 0.6) is 0 Å². The summed E-state index contributed by atoms with van der Waals surface area (Å²) in [5.41, 5.74) is 0.00540. The van der Waals surface area contributed by atoms with Crippen LogP contribution in [-0.4, -0.2) is 41.6 Å². The molecule has 168 valence electrons. The van der Waals surface area contributed by atoms with Crippen molar-refractivity contribution in [1.29, 1.82) is 0 Å². The molecule has 1 aromatic carbocycles. The zero-order valence-electron chi connectivity index (χ0n) is 17.1. The molecular formula is C22H27Cl2N3O4. The van der Waals surface area contributed by atoms with E-state index in [0.29, 0.717) is 11.8 Å². The smallest absolute Gasteiger partial charge is 0.328 e. The summed E-state index contributed by atoms with van der Waals surface area (Å²) in [7, 11) is 0. The van der Waals surface area contributed by atoms with Crippen molar-refractivity contribution < 1.29 is 19.5 Å². The van der Waals surface area contributed by atoms with E-state index in [-0.39, 0.29) is 28.2 Å². The van der Waals surface area contributed by atoms with Gasteiger partial charge in [0.1, 0.15) is 6.04 Å². The van der Waals surface area contributed by atoms with E-state index in [2.05, 4.69) is 16.0 Å². The maximum Gasteiger partial charge on any atom is 0.328 e. The zero-order valence-corrected chi connectivity index (χ0v) is 18.6. The van der Waals surface area contributed by atoms with Crippen molar-refractivity contribution in [2.24, 2.45) is 23.7 Å². The molecule has 0 aromatic heterocycles. The predicted molar refractivity (Wildman–Crippen MR) is 117 cm³/mol. The Kier molecular flexibility index (Phi) is 6.63. The van der Waals surface area contributed by atoms with Crippen molar-refractivity contribution in [3.05, 3.63) is 33.8 Å². The Labute approximate surface area is 191 Å². The number of hydrogen-bond acceptors (Lipinski definition) is 3. The number of fused-ring (bicyclic) bond motifs is 1. The largest absolute Gasteiger partial charge is 0.480 e. The molecule has 0 saturated heterocycles. The van der Waals surface area contributed by atoms with E-state index in [1.54, 1.807) is 6.07 Å². The molecule has 9 heteroatoms. The lowest BCUT2D eigenvalue weighted by atomic mass is 9.67. The van der Waals surface area contributed by atoms with Crippen molar-refractivity contribution in [3.63, 3.8) is 0 Å². The SMILES string of the molecule is O=C(NC[C@H](NC(=O)c1c(Cl)cccc1Cl)C(=O)O)NC1CC2CC3CC(C2)CC1C3. The summed E-state index contributed by atoms with van der Waals surface area (Å²) in [6.45, 7) is -0.249. The monoisotopic (exact) mass is 467 g/mol. The highest BCUT2D eigenvalue weighted by Gasteiger charge is 2.44. The van der Waals surface area contributed by atoms with Crippen molar-refractivity contribution in [2.45, 2.75) is 50.6 Å². The second kappa shape index (κ2) is 9.25. The molecule has 0 heterocycles. The molecule has 4 bridgehead atoms. The van der Waals surface area contributed by atoms with E-state index < -0.39 is 23.9 Å². The number of amides is 3. The van der Waals surface area contributed by atoms with Crippen LogP contribution in [0, 0.1) is 23.7 Å². The standard InChI is InChI=1S/C22H27Cl2N3O4/c23-15-2-1-3-16(24)19(15)20(28)26-18(21(29)30)10-25-22(31)27-17-9-13-5-11-4-12(6-13)8-14(17)7-11/h1-3,11-14,17-18H,4-10H2,(H,26,28)(H,29,30)(H2,25,27,31)/t11?,12?,13?,14?,17?,18-/m0/s1. The quantitative estimate of drug-likeness (QED) is 0.511. The van der Waals surface area contributed by atoms with E-state index in [1.165, 1.54) is 44.2 Å². The van der Waals surface area contributed by atoms with Gasteiger partial charge >= 0.3 is 12.0 Å². The van der Waals surface area contributed by atoms with Gasteiger partial charge in [-0.15, -0.1) is 0 Å². The van der Waals surface area contributed by atoms with Crippen LogP contribution in [0.25, 0.3) is 0 Å². The number of aliphatic carboxylic acids is 1. The van der Waals surface area contributed by atoms with Gasteiger partial charge in [0, 0.05) is 6.04 Å². The van der Waals surface area contributed by atoms with Crippen molar-refractivity contribution >= 4 is 41.1 Å². The minimum absolute atomic E-state index is 0.00540. The van der Waals surface area contributed by atoms with E-state index in [9.17, 15) is 19.5 Å². The van der Waals surface area contributed by atoms with Crippen molar-refractivity contribution in [3.8, 4) is 0 Å². The van der Waals surface area contributed by atoms with Gasteiger partial charge in [0.15, 0.2) is 0 Å². The third-order valence-corrected chi connectivity index (χ3v) is 7.63. The second-order valence-corrected chi connectivity index (χ2v) is 10.0. The summed E-state index contributed by atoms with van der Waals surface area (Å²) in [5, 5.41) is 17.8. The Morgan fingerprint density at radius 3 is 2.13 bits per heavy atom. The van der Waals surface area contributed by atoms with Crippen LogP contribution in [0.15, 0.2) is 18.2 Å². The Bertz CT molecular complexity index is 846. The number of rotatable bonds is 6. The Hall–Kier alpha value is -1.99. The van der Waals surface area contributed by atoms with Crippen LogP contribution in [-0.2, 0) is 4.79 Å². The van der Waals surface area contributed by atoms with Gasteiger partial charge in [-0.2, -0.15) is 0 Å². The van der Waals surface area contributed by atoms with Crippen LogP contribution in [0.2, 0.25) is 10.0 Å². The third-order valence-electron chi connectivity index (χ3n) is 7.00. The molecule has 7 nitrogen and oxygen atoms in total. The van der Waals surface area contributed by atoms with Crippen LogP contribution in [0.3, 0.4) is 0 Å². The lowest BCUT2D eigenvalue weighted by Crippen LogP contribution is -2.52. The molecule has 4 aliphatic rings. The number of carbonyl (C=O) groups excluding carboxylic acids is 2. The summed E-state index contributed by atoms with van der Waals surface area (Å²) in [4.78, 5) is 36.6. The van der Waals surface area contributed by atoms with Gasteiger partial charge in [-0.1, -0.05) is 29.3 Å². The van der Waals surface area contributed by atoms with E-state index in [0.717, 1.165) is 18.3 Å². The predicted octanol–water partition coefficient (Wildman–Crippen LogP) is 3.69. The molecule has 0 spiro atoms. The van der Waals surface area contributed by atoms with Crippen LogP contribution in [0.4, 0.5) is 4.79 Å². The Morgan fingerprint density at radius 1 is 0.968 bits per heavy atom. The molecule has 1 aromatic rings. The van der Waals surface area contributed by atoms with Crippen LogP contribution >= 0.6 is 23.2 Å². The number of carboxylic acid groups (broad SMARTS) is 1. The number of hydrogen-bond donors (Lipinski definition) is 4. The second-order valence-electron chi connectivity index (χ2n) is 9.19. The topological polar surface area (TPSA) is 108 Å². The number of benzene rings is 1. The Morgan fingerprint density at radius 2 is 1.55 bits per heavy atom. The first-order valence-corrected chi connectivity index (χ1v) is 11.6. The highest BCUT2D eigenvalue weighted by Crippen LogP contribution is 2.51. The fraction of sp³-hybridized carbons (Fsp3) is 0.591. The lowest BCUT2D eigenvalue weighted by molar-refractivity contribution is -0.139. The first kappa shape index (κ1) is 22.2. The van der Waals surface area contributed by atoms with E-state index in [1.807, 2.05) is 0 Å². The number of carboxylic acids is 1. The van der Waals surface area contributed by atoms with Gasteiger partial charge in [0.25, 0.3) is 5.91 Å². The lowest BCUT2D eigenvalue weighted by Gasteiger charge is -2.38. The molecule has 3 unspecified atom stereocenters. The fourth-order valence-corrected chi connectivity index (χ4v) is 6.42. The first-order valence-electron chi connectivity index (χ1n) is 10.8. The van der Waals surface area contributed by atoms with Gasteiger partial charge in [-0.25, -0.2) is 9.59 Å². The Balaban J connectivity index is 1.32. The number of carbonyl (C=O) groups is 3. The summed E-state index contributed by atoms with van der Waals surface area (Å²) in [6, 6.07) is 3.00. The molecule has 5 rings (SSSR count). The molecule has 4 N–H and O–H groups in total. The highest BCUT2D eigenvalue weighted by atomic mass is 35.5. The average molecular weight is 468 g/mol. The van der Waals surface area contributed by atoms with Gasteiger partial charge in [-0.3, -0.25) is 4.79 Å². The van der Waals surface area contributed by atoms with E-state index in [4.69, 9.17) is 23.2 Å². The minimum Gasteiger partial charge on any atom is -0.480 e. The minimum atomic E-state index is -1.31. The molecular weight excluding hydrogens is 441 g/mol. The van der Waals surface area contributed by atoms with Crippen LogP contribution < -0.4 is 16.0 Å². The van der Waals surface area contributed by atoms with Crippen molar-refractivity contribution in [1.82, 2.24) is 16.0 Å². The molecule has 4 atom stereocenters. The normalized spacial score (nSPS) is 29.7. The van der Waals surface area contributed by atoms with Gasteiger partial charge in [0.05, 0.1) is 22.2 Å². The van der Waals surface area contributed by atoms with E-state index >= 15 is 0 Å². The molecule has 4 aliphatic carbocycles. The number of nitrogens with one attached hydrogen (secondary N) is 3. The number of urea groups is 1. The summed E-state index contributed by atoms with van der Waals surface area (Å²) in [5.74, 6) is 0.790. The molecule has 4 saturated carbocycles. The molecule has 0 aliphatic heterocycles. The molecule has 3 amide bonds. The van der Waals surface area contributed by atoms with Crippen LogP contribution in [0.1, 0.15) is 48.9 Å². The summed E-state index contributed by atoms with van der Waals surface area (Å²) in [6.07, 6.45) is 7.21. The zero-order chi connectivity index (χ0) is 22.1. The van der Waals surface area contributed by atoms with Crippen molar-refractivity contribution in [2.75, 3.05) is 6.54 Å². The van der Waals surface area contributed by atoms with Gasteiger partial charge in [-0.05, 0) is 74.3 Å². The number of halogens is 2. The maximum atomic E-state index is 12.5.